The zero-order valence-electron chi connectivity index (χ0n) is 14.3. The smallest absolute Gasteiger partial charge is 0.208 e. The molecule has 0 bridgehead atoms. The number of fused-ring (bicyclic) bond motifs is 1. The third kappa shape index (κ3) is 2.45. The van der Waals surface area contributed by atoms with Crippen LogP contribution >= 0.6 is 11.3 Å². The quantitative estimate of drug-likeness (QED) is 0.706. The normalized spacial score (nSPS) is 18.4. The predicted molar refractivity (Wildman–Crippen MR) is 96.4 cm³/mol. The number of rotatable bonds is 4. The molecule has 0 radical (unpaired) electrons. The number of anilines is 2. The molecule has 8 nitrogen and oxygen atoms in total. The third-order valence-electron chi connectivity index (χ3n) is 5.29. The summed E-state index contributed by atoms with van der Waals surface area (Å²) in [6.07, 6.45) is 3.68. The fourth-order valence-corrected chi connectivity index (χ4v) is 4.08. The first-order chi connectivity index (χ1) is 12.2. The van der Waals surface area contributed by atoms with E-state index in [-0.39, 0.29) is 0 Å². The molecule has 1 saturated heterocycles. The van der Waals surface area contributed by atoms with E-state index >= 15 is 0 Å². The summed E-state index contributed by atoms with van der Waals surface area (Å²) in [6, 6.07) is 4.50. The molecule has 3 aromatic heterocycles. The van der Waals surface area contributed by atoms with Crippen LogP contribution in [0.1, 0.15) is 36.0 Å². The summed E-state index contributed by atoms with van der Waals surface area (Å²) < 4.78 is 1.93. The first-order valence-corrected chi connectivity index (χ1v) is 9.51. The first kappa shape index (κ1) is 15.0. The van der Waals surface area contributed by atoms with E-state index in [9.17, 15) is 0 Å². The highest BCUT2D eigenvalue weighted by atomic mass is 32.1. The van der Waals surface area contributed by atoms with Gasteiger partial charge < -0.3 is 9.80 Å². The Hall–Kier alpha value is -2.29. The number of likely N-dealkylation sites (N-methyl/N-ethyl adjacent to an activating group) is 1. The standard InChI is InChI=1S/C16H20N8S/c1-10-17-20-16(25-10)22(2)12-8-23(9-12)14-7-6-13-18-19-15(24(13)21-14)11-4-3-5-11/h6-7,11-12H,3-5,8-9H2,1-2H3. The van der Waals surface area contributed by atoms with Crippen LogP contribution in [0.2, 0.25) is 0 Å². The molecule has 1 saturated carbocycles. The Morgan fingerprint density at radius 3 is 2.64 bits per heavy atom. The van der Waals surface area contributed by atoms with Gasteiger partial charge in [-0.25, -0.2) is 0 Å². The van der Waals surface area contributed by atoms with Crippen molar-refractivity contribution >= 4 is 27.9 Å². The van der Waals surface area contributed by atoms with Crippen LogP contribution < -0.4 is 9.80 Å². The van der Waals surface area contributed by atoms with Crippen LogP contribution in [0.15, 0.2) is 12.1 Å². The van der Waals surface area contributed by atoms with Gasteiger partial charge in [-0.1, -0.05) is 17.8 Å². The molecule has 4 heterocycles. The average Bonchev–Trinajstić information content (AvgIpc) is 3.11. The molecule has 9 heteroatoms. The second-order valence-electron chi connectivity index (χ2n) is 6.92. The van der Waals surface area contributed by atoms with Gasteiger partial charge in [0.05, 0.1) is 6.04 Å². The van der Waals surface area contributed by atoms with E-state index < -0.39 is 0 Å². The fourth-order valence-electron chi connectivity index (χ4n) is 3.36. The van der Waals surface area contributed by atoms with Crippen molar-refractivity contribution in [2.75, 3.05) is 29.9 Å². The lowest BCUT2D eigenvalue weighted by atomic mass is 9.85. The molecule has 3 aromatic rings. The Morgan fingerprint density at radius 2 is 1.96 bits per heavy atom. The summed E-state index contributed by atoms with van der Waals surface area (Å²) in [5.74, 6) is 2.53. The summed E-state index contributed by atoms with van der Waals surface area (Å²) in [5, 5.41) is 23.8. The molecule has 2 fully saturated rings. The average molecular weight is 356 g/mol. The molecule has 1 aliphatic carbocycles. The third-order valence-corrected chi connectivity index (χ3v) is 6.22. The number of nitrogens with zero attached hydrogens (tertiary/aromatic N) is 8. The highest BCUT2D eigenvalue weighted by Crippen LogP contribution is 2.35. The fraction of sp³-hybridized carbons (Fsp3) is 0.562. The number of hydrogen-bond acceptors (Lipinski definition) is 8. The van der Waals surface area contributed by atoms with E-state index in [1.54, 1.807) is 11.3 Å². The van der Waals surface area contributed by atoms with Gasteiger partial charge >= 0.3 is 0 Å². The summed E-state index contributed by atoms with van der Waals surface area (Å²) in [6.45, 7) is 3.86. The zero-order chi connectivity index (χ0) is 17.0. The van der Waals surface area contributed by atoms with Crippen LogP contribution in [0.4, 0.5) is 10.9 Å². The maximum Gasteiger partial charge on any atom is 0.208 e. The second-order valence-corrected chi connectivity index (χ2v) is 8.08. The van der Waals surface area contributed by atoms with Gasteiger partial charge in [0.15, 0.2) is 11.5 Å². The summed E-state index contributed by atoms with van der Waals surface area (Å²) in [5.41, 5.74) is 0.837. The van der Waals surface area contributed by atoms with Crippen molar-refractivity contribution in [1.29, 1.82) is 0 Å². The number of aromatic nitrogens is 6. The lowest BCUT2D eigenvalue weighted by molar-refractivity contribution is 0.394. The predicted octanol–water partition coefficient (Wildman–Crippen LogP) is 1.88. The van der Waals surface area contributed by atoms with Gasteiger partial charge in [-0.2, -0.15) is 4.52 Å². The first-order valence-electron chi connectivity index (χ1n) is 8.69. The monoisotopic (exact) mass is 356 g/mol. The van der Waals surface area contributed by atoms with E-state index in [4.69, 9.17) is 5.10 Å². The SMILES string of the molecule is Cc1nnc(N(C)C2CN(c3ccc4nnc(C5CCC5)n4n3)C2)s1. The lowest BCUT2D eigenvalue weighted by Crippen LogP contribution is -2.59. The number of aryl methyl sites for hydroxylation is 1. The minimum Gasteiger partial charge on any atom is -0.351 e. The highest BCUT2D eigenvalue weighted by molar-refractivity contribution is 7.15. The molecule has 2 aliphatic rings. The van der Waals surface area contributed by atoms with Gasteiger partial charge in [0.2, 0.25) is 5.13 Å². The van der Waals surface area contributed by atoms with E-state index in [0.717, 1.165) is 40.5 Å². The van der Waals surface area contributed by atoms with E-state index in [2.05, 4.69) is 37.2 Å². The van der Waals surface area contributed by atoms with Crippen molar-refractivity contribution in [2.24, 2.45) is 0 Å². The van der Waals surface area contributed by atoms with Crippen LogP contribution in [0.3, 0.4) is 0 Å². The summed E-state index contributed by atoms with van der Waals surface area (Å²) in [7, 11) is 2.09. The number of hydrogen-bond donors (Lipinski definition) is 0. The molecule has 25 heavy (non-hydrogen) atoms. The Kier molecular flexibility index (Phi) is 3.37. The zero-order valence-corrected chi connectivity index (χ0v) is 15.1. The van der Waals surface area contributed by atoms with Crippen molar-refractivity contribution < 1.29 is 0 Å². The van der Waals surface area contributed by atoms with Crippen molar-refractivity contribution in [3.05, 3.63) is 23.0 Å². The van der Waals surface area contributed by atoms with Crippen molar-refractivity contribution in [3.63, 3.8) is 0 Å². The molecule has 0 atom stereocenters. The highest BCUT2D eigenvalue weighted by Gasteiger charge is 2.33. The van der Waals surface area contributed by atoms with Crippen LogP contribution in [-0.4, -0.2) is 56.2 Å². The summed E-state index contributed by atoms with van der Waals surface area (Å²) in [4.78, 5) is 4.51. The van der Waals surface area contributed by atoms with Crippen molar-refractivity contribution in [1.82, 2.24) is 30.0 Å². The molecular formula is C16H20N8S. The van der Waals surface area contributed by atoms with Gasteiger partial charge in [0.1, 0.15) is 10.8 Å². The largest absolute Gasteiger partial charge is 0.351 e. The molecule has 0 amide bonds. The van der Waals surface area contributed by atoms with Gasteiger partial charge in [-0.15, -0.1) is 25.5 Å². The Labute approximate surface area is 149 Å². The van der Waals surface area contributed by atoms with E-state index in [0.29, 0.717) is 12.0 Å². The lowest BCUT2D eigenvalue weighted by Gasteiger charge is -2.44. The molecule has 0 unspecified atom stereocenters. The minimum atomic E-state index is 0.442. The van der Waals surface area contributed by atoms with Gasteiger partial charge in [-0.05, 0) is 31.9 Å². The molecule has 0 N–H and O–H groups in total. The minimum absolute atomic E-state index is 0.442. The molecule has 130 valence electrons. The van der Waals surface area contributed by atoms with Gasteiger partial charge in [0.25, 0.3) is 0 Å². The van der Waals surface area contributed by atoms with Crippen LogP contribution in [0.25, 0.3) is 5.65 Å². The maximum absolute atomic E-state index is 4.80. The molecule has 0 spiro atoms. The molecule has 0 aromatic carbocycles. The van der Waals surface area contributed by atoms with E-state index in [1.165, 1.54) is 19.3 Å². The molecule has 5 rings (SSSR count). The van der Waals surface area contributed by atoms with E-state index in [1.807, 2.05) is 23.6 Å². The summed E-state index contributed by atoms with van der Waals surface area (Å²) >= 11 is 1.64. The second kappa shape index (κ2) is 5.62. The van der Waals surface area contributed by atoms with Crippen LogP contribution in [0, 0.1) is 6.92 Å². The Bertz CT molecular complexity index is 908. The Morgan fingerprint density at radius 1 is 1.12 bits per heavy atom. The maximum atomic E-state index is 4.80. The molecule has 1 aliphatic heterocycles. The van der Waals surface area contributed by atoms with Gasteiger partial charge in [-0.3, -0.25) is 0 Å². The molecular weight excluding hydrogens is 336 g/mol. The topological polar surface area (TPSA) is 75.3 Å². The van der Waals surface area contributed by atoms with Crippen LogP contribution in [-0.2, 0) is 0 Å². The van der Waals surface area contributed by atoms with Crippen LogP contribution in [0.5, 0.6) is 0 Å². The van der Waals surface area contributed by atoms with Crippen molar-refractivity contribution in [2.45, 2.75) is 38.1 Å². The Balaban J connectivity index is 1.33. The van der Waals surface area contributed by atoms with Gasteiger partial charge in [0, 0.05) is 26.1 Å². The van der Waals surface area contributed by atoms with Crippen molar-refractivity contribution in [3.8, 4) is 0 Å².